The Morgan fingerprint density at radius 3 is 1.78 bits per heavy atom. The largest absolute Gasteiger partial charge is 0.456 e. The summed E-state index contributed by atoms with van der Waals surface area (Å²) < 4.78 is 89.7. The van der Waals surface area contributed by atoms with Gasteiger partial charge in [-0.15, -0.1) is 0 Å². The molecule has 98 heavy (non-hydrogen) atoms. The molecule has 0 aromatic heterocycles. The highest BCUT2D eigenvalue weighted by atomic mass is 16.8. The smallest absolute Gasteiger partial charge is 0.331 e. The summed E-state index contributed by atoms with van der Waals surface area (Å²) in [6.07, 6.45) is -19.9. The van der Waals surface area contributed by atoms with E-state index < -0.39 is 190 Å². The van der Waals surface area contributed by atoms with Gasteiger partial charge in [0.05, 0.1) is 43.0 Å². The summed E-state index contributed by atoms with van der Waals surface area (Å²) in [6, 6.07) is 8.83. The number of carbonyl (C=O) groups excluding carboxylic acids is 4. The number of ether oxygens (including phenoxy) is 14. The summed E-state index contributed by atoms with van der Waals surface area (Å²) in [5.74, 6) is -3.73. The molecule has 1 aromatic carbocycles. The van der Waals surface area contributed by atoms with E-state index in [-0.39, 0.29) is 18.9 Å². The number of rotatable bonds is 28. The fraction of sp³-hybridized carbons (Fsp3) is 0.833. The molecule has 6 fully saturated rings. The van der Waals surface area contributed by atoms with Crippen molar-refractivity contribution >= 4 is 30.0 Å². The van der Waals surface area contributed by atoms with Crippen LogP contribution in [0.1, 0.15) is 215 Å². The van der Waals surface area contributed by atoms with E-state index in [4.69, 9.17) is 66.3 Å². The normalized spacial score (nSPS) is 38.3. The zero-order chi connectivity index (χ0) is 71.0. The van der Waals surface area contributed by atoms with E-state index in [1.165, 1.54) is 33.8 Å². The Bertz CT molecular complexity index is 2510. The Balaban J connectivity index is 1.26. The van der Waals surface area contributed by atoms with Gasteiger partial charge in [0.15, 0.2) is 55.9 Å². The highest BCUT2D eigenvalue weighted by Crippen LogP contribution is 2.40. The molecule has 0 aliphatic carbocycles. The van der Waals surface area contributed by atoms with Crippen molar-refractivity contribution in [3.8, 4) is 0 Å². The van der Waals surface area contributed by atoms with Crippen LogP contribution in [0, 0.1) is 5.92 Å². The maximum atomic E-state index is 14.6. The van der Waals surface area contributed by atoms with Crippen LogP contribution >= 0.6 is 0 Å². The number of hydrogen-bond acceptors (Lipinski definition) is 26. The average Bonchev–Trinajstić information content (AvgIpc) is 0.767. The second-order valence-electron chi connectivity index (χ2n) is 27.5. The Morgan fingerprint density at radius 2 is 1.10 bits per heavy atom. The van der Waals surface area contributed by atoms with Crippen molar-refractivity contribution in [2.45, 2.75) is 369 Å². The van der Waals surface area contributed by atoms with Gasteiger partial charge in [-0.3, -0.25) is 14.4 Å². The van der Waals surface area contributed by atoms with E-state index in [0.29, 0.717) is 50.5 Å². The van der Waals surface area contributed by atoms with Crippen molar-refractivity contribution < 1.29 is 126 Å². The Hall–Kier alpha value is -3.88. The summed E-state index contributed by atoms with van der Waals surface area (Å²) in [4.78, 5) is 55.9. The summed E-state index contributed by atoms with van der Waals surface area (Å²) in [6.45, 7) is 13.0. The van der Waals surface area contributed by atoms with E-state index in [0.717, 1.165) is 102 Å². The molecule has 560 valence electrons. The first-order valence-corrected chi connectivity index (χ1v) is 36.5. The molecule has 6 aliphatic rings. The molecule has 1 aromatic rings. The predicted molar refractivity (Wildman–Crippen MR) is 351 cm³/mol. The number of unbranched alkanes of at least 4 members (excludes halogenated alkanes) is 10. The summed E-state index contributed by atoms with van der Waals surface area (Å²) in [5, 5.41) is 92.5. The molecule has 26 heteroatoms. The number of benzene rings is 1. The molecule has 26 nitrogen and oxygen atoms in total. The van der Waals surface area contributed by atoms with E-state index >= 15 is 0 Å². The summed E-state index contributed by atoms with van der Waals surface area (Å²) in [5.41, 5.74) is 0.639. The van der Waals surface area contributed by atoms with Gasteiger partial charge in [0.2, 0.25) is 0 Å². The average molecular weight is 1400 g/mol. The Labute approximate surface area is 577 Å². The van der Waals surface area contributed by atoms with E-state index in [9.17, 15) is 60.0 Å². The quantitative estimate of drug-likeness (QED) is 0.0190. The summed E-state index contributed by atoms with van der Waals surface area (Å²) in [7, 11) is 0. The molecule has 6 saturated heterocycles. The lowest BCUT2D eigenvalue weighted by Gasteiger charge is -2.51. The van der Waals surface area contributed by atoms with Crippen molar-refractivity contribution in [3.05, 3.63) is 42.0 Å². The lowest BCUT2D eigenvalue weighted by atomic mass is 9.95. The topological polar surface area (TPSA) is 359 Å². The number of aliphatic hydroxyl groups is 8. The fourth-order valence-electron chi connectivity index (χ4n) is 13.4. The number of hydrogen-bond donors (Lipinski definition) is 8. The van der Waals surface area contributed by atoms with E-state index in [1.54, 1.807) is 44.2 Å². The highest BCUT2D eigenvalue weighted by molar-refractivity contribution is 5.87. The van der Waals surface area contributed by atoms with Crippen LogP contribution in [-0.4, -0.2) is 231 Å². The maximum absolute atomic E-state index is 14.6. The Morgan fingerprint density at radius 1 is 0.520 bits per heavy atom. The van der Waals surface area contributed by atoms with Crippen LogP contribution in [0.3, 0.4) is 0 Å². The molecule has 0 bridgehead atoms. The van der Waals surface area contributed by atoms with Gasteiger partial charge < -0.3 is 107 Å². The van der Waals surface area contributed by atoms with Gasteiger partial charge in [-0.1, -0.05) is 167 Å². The predicted octanol–water partition coefficient (Wildman–Crippen LogP) is 6.57. The molecule has 7 rings (SSSR count). The minimum atomic E-state index is -1.96. The van der Waals surface area contributed by atoms with Gasteiger partial charge >= 0.3 is 23.9 Å². The van der Waals surface area contributed by atoms with Gasteiger partial charge in [0.1, 0.15) is 73.2 Å². The minimum Gasteiger partial charge on any atom is -0.456 e. The number of esters is 4. The van der Waals surface area contributed by atoms with Gasteiger partial charge in [-0.05, 0) is 71.4 Å². The third-order valence-electron chi connectivity index (χ3n) is 19.6. The first-order chi connectivity index (χ1) is 47.1. The van der Waals surface area contributed by atoms with Crippen molar-refractivity contribution in [1.82, 2.24) is 0 Å². The Kier molecular flexibility index (Phi) is 34.4. The number of carbonyl (C=O) groups is 4. The van der Waals surface area contributed by atoms with Crippen molar-refractivity contribution in [2.24, 2.45) is 5.92 Å². The SMILES string of the molecule is CCCCCCCCCCCC(=O)O[C@H]1[C@H](O[C@@H]2[C@@H](O)[C@H]3OC(=O)CCCCCCCCC[C@H](CCCCC)O[C@@H]4O[C@H](CO)[C@@H](O)[C@H](O)[C@H]4O[C@@H]3O[C@H]2C)O[C@@H](C)[C@H](O[C@@H]2O[C@@H](C)[C@H](OC(=O)[C@@H](C)CC)[C@@H](O)[C@H]2OC(=O)C=Cc2ccccc2)[C@H]1O[C@@H]1O[C@@H](C)[C@H](O)[C@@H](O)[C@H]1O. The highest BCUT2D eigenvalue weighted by Gasteiger charge is 2.59. The van der Waals surface area contributed by atoms with Crippen LogP contribution < -0.4 is 0 Å². The van der Waals surface area contributed by atoms with Crippen LogP contribution in [0.4, 0.5) is 0 Å². The lowest BCUT2D eigenvalue weighted by Crippen LogP contribution is -2.68. The second-order valence-corrected chi connectivity index (χ2v) is 27.5. The first-order valence-electron chi connectivity index (χ1n) is 36.5. The number of fused-ring (bicyclic) bond motifs is 2. The van der Waals surface area contributed by atoms with Crippen LogP contribution in [-0.2, 0) is 85.5 Å². The fourth-order valence-corrected chi connectivity index (χ4v) is 13.4. The zero-order valence-electron chi connectivity index (χ0n) is 58.7. The van der Waals surface area contributed by atoms with Crippen LogP contribution in [0.25, 0.3) is 6.08 Å². The van der Waals surface area contributed by atoms with Gasteiger partial charge in [0.25, 0.3) is 0 Å². The standard InChI is InChI=1S/C72H116O26/c1-9-12-14-15-16-17-20-23-31-37-50(75)93-66-65(98-68-56(81)54(79)52(77)42(5)85-68)61(96-69-63(92-51(76)39-38-46-32-27-25-28-33-46)57(82)59(43(6)86-69)94-67(84)41(4)11-3)45(8)88-72(66)95-60-44(7)87-70-64(58(60)83)91-49(74)36-30-24-21-18-19-22-29-35-47(34-26-13-10-2)89-71-62(97-70)55(80)53(78)48(40-73)90-71/h25,27-28,32-33,38-39,41-45,47-48,52-66,68-73,77-83H,9-24,26,29-31,34-37,40H2,1-8H3/t41-,42-,43-,44-,45-,47-,48+,52-,53+,54+,55-,56+,57+,58+,59-,60-,61-,62+,63+,64+,65+,66+,68-,69-,70-,71+,72-/m0/s1. The maximum Gasteiger partial charge on any atom is 0.331 e. The lowest BCUT2D eigenvalue weighted by molar-refractivity contribution is -0.400. The van der Waals surface area contributed by atoms with E-state index in [2.05, 4.69) is 13.8 Å². The molecule has 8 N–H and O–H groups in total. The van der Waals surface area contributed by atoms with Gasteiger partial charge in [-0.2, -0.15) is 0 Å². The minimum absolute atomic E-state index is 0.0663. The zero-order valence-corrected chi connectivity index (χ0v) is 58.7. The van der Waals surface area contributed by atoms with Crippen LogP contribution in [0.15, 0.2) is 36.4 Å². The molecule has 0 saturated carbocycles. The molecule has 0 unspecified atom stereocenters. The number of aliphatic hydroxyl groups excluding tert-OH is 8. The van der Waals surface area contributed by atoms with Crippen molar-refractivity contribution in [3.63, 3.8) is 0 Å². The molecule has 6 heterocycles. The second kappa shape index (κ2) is 41.4. The molecular formula is C72H116O26. The molecule has 27 atom stereocenters. The molecule has 6 aliphatic heterocycles. The van der Waals surface area contributed by atoms with Crippen LogP contribution in [0.2, 0.25) is 0 Å². The molecule has 0 spiro atoms. The third-order valence-corrected chi connectivity index (χ3v) is 19.6. The molecule has 0 radical (unpaired) electrons. The summed E-state index contributed by atoms with van der Waals surface area (Å²) >= 11 is 0. The van der Waals surface area contributed by atoms with E-state index in [1.807, 2.05) is 0 Å². The van der Waals surface area contributed by atoms with Gasteiger partial charge in [-0.25, -0.2) is 4.79 Å². The molecular weight excluding hydrogens is 1280 g/mol. The molecule has 0 amide bonds. The monoisotopic (exact) mass is 1400 g/mol. The van der Waals surface area contributed by atoms with Crippen LogP contribution in [0.5, 0.6) is 0 Å². The van der Waals surface area contributed by atoms with Crippen molar-refractivity contribution in [2.75, 3.05) is 6.61 Å². The van der Waals surface area contributed by atoms with Crippen molar-refractivity contribution in [1.29, 1.82) is 0 Å². The first kappa shape index (κ1) is 81.4. The van der Waals surface area contributed by atoms with Gasteiger partial charge in [0, 0.05) is 18.9 Å². The third kappa shape index (κ3) is 23.3.